The topological polar surface area (TPSA) is 75.6 Å². The average Bonchev–Trinajstić information content (AvgIpc) is 2.48. The van der Waals surface area contributed by atoms with Crippen molar-refractivity contribution in [2.45, 2.75) is 6.92 Å². The molecule has 0 aliphatic heterocycles. The third-order valence-corrected chi connectivity index (χ3v) is 3.57. The van der Waals surface area contributed by atoms with Crippen LogP contribution in [0.4, 0.5) is 5.69 Å². The fourth-order valence-electron chi connectivity index (χ4n) is 1.77. The molecule has 0 saturated carbocycles. The van der Waals surface area contributed by atoms with E-state index in [1.165, 1.54) is 24.3 Å². The smallest absolute Gasteiger partial charge is 0.338 e. The van der Waals surface area contributed by atoms with Crippen LogP contribution in [0.25, 0.3) is 0 Å². The molecule has 0 saturated heterocycles. The standard InChI is InChI=1S/C16H14INO4/c1-10-8-12(17)4-7-14(10)18-15(20)9-22-16(21)11-2-5-13(19)6-3-11/h2-8,19H,9H2,1H3,(H,18,20). The summed E-state index contributed by atoms with van der Waals surface area (Å²) in [5.74, 6) is -0.964. The number of aryl methyl sites for hydroxylation is 1. The highest BCUT2D eigenvalue weighted by atomic mass is 127. The second-order valence-corrected chi connectivity index (χ2v) is 5.88. The number of ether oxygens (including phenoxy) is 1. The van der Waals surface area contributed by atoms with Crippen LogP contribution >= 0.6 is 22.6 Å². The zero-order valence-corrected chi connectivity index (χ0v) is 14.0. The zero-order valence-electron chi connectivity index (χ0n) is 11.8. The van der Waals surface area contributed by atoms with Gasteiger partial charge in [-0.25, -0.2) is 4.79 Å². The second-order valence-electron chi connectivity index (χ2n) is 4.63. The number of phenols is 1. The lowest BCUT2D eigenvalue weighted by Gasteiger charge is -2.09. The quantitative estimate of drug-likeness (QED) is 0.599. The molecule has 2 aromatic carbocycles. The molecule has 1 amide bonds. The number of amides is 1. The summed E-state index contributed by atoms with van der Waals surface area (Å²) in [7, 11) is 0. The number of carbonyl (C=O) groups is 2. The maximum absolute atomic E-state index is 11.8. The molecule has 114 valence electrons. The van der Waals surface area contributed by atoms with Crippen molar-refractivity contribution >= 4 is 40.2 Å². The monoisotopic (exact) mass is 411 g/mol. The first-order valence-electron chi connectivity index (χ1n) is 6.48. The molecule has 0 aromatic heterocycles. The Morgan fingerprint density at radius 2 is 1.86 bits per heavy atom. The lowest BCUT2D eigenvalue weighted by molar-refractivity contribution is -0.119. The number of halogens is 1. The van der Waals surface area contributed by atoms with Crippen LogP contribution in [-0.2, 0) is 9.53 Å². The number of nitrogens with one attached hydrogen (secondary N) is 1. The highest BCUT2D eigenvalue weighted by molar-refractivity contribution is 14.1. The Morgan fingerprint density at radius 3 is 2.50 bits per heavy atom. The molecule has 0 aliphatic rings. The number of benzene rings is 2. The van der Waals surface area contributed by atoms with Gasteiger partial charge in [-0.15, -0.1) is 0 Å². The fraction of sp³-hybridized carbons (Fsp3) is 0.125. The fourth-order valence-corrected chi connectivity index (χ4v) is 2.41. The number of carbonyl (C=O) groups excluding carboxylic acids is 2. The lowest BCUT2D eigenvalue weighted by atomic mass is 10.2. The molecule has 0 spiro atoms. The number of esters is 1. The molecule has 2 N–H and O–H groups in total. The predicted molar refractivity (Wildman–Crippen MR) is 90.9 cm³/mol. The van der Waals surface area contributed by atoms with Crippen molar-refractivity contribution in [2.24, 2.45) is 0 Å². The summed E-state index contributed by atoms with van der Waals surface area (Å²) in [5, 5.41) is 11.8. The molecule has 5 nitrogen and oxygen atoms in total. The van der Waals surface area contributed by atoms with Crippen LogP contribution in [0.5, 0.6) is 5.75 Å². The molecule has 0 radical (unpaired) electrons. The molecule has 6 heteroatoms. The van der Waals surface area contributed by atoms with Crippen molar-refractivity contribution in [3.63, 3.8) is 0 Å². The van der Waals surface area contributed by atoms with E-state index in [1.54, 1.807) is 6.07 Å². The molecule has 0 aliphatic carbocycles. The maximum Gasteiger partial charge on any atom is 0.338 e. The molecule has 0 atom stereocenters. The summed E-state index contributed by atoms with van der Waals surface area (Å²) < 4.78 is 6.01. The van der Waals surface area contributed by atoms with Crippen LogP contribution < -0.4 is 5.32 Å². The first kappa shape index (κ1) is 16.3. The van der Waals surface area contributed by atoms with Crippen LogP contribution in [0.2, 0.25) is 0 Å². The van der Waals surface area contributed by atoms with Gasteiger partial charge in [0, 0.05) is 9.26 Å². The van der Waals surface area contributed by atoms with Gasteiger partial charge in [0.15, 0.2) is 6.61 Å². The van der Waals surface area contributed by atoms with Crippen LogP contribution in [-0.4, -0.2) is 23.6 Å². The van der Waals surface area contributed by atoms with Gasteiger partial charge in [0.1, 0.15) is 5.75 Å². The Bertz CT molecular complexity index is 698. The van der Waals surface area contributed by atoms with E-state index in [4.69, 9.17) is 9.84 Å². The van der Waals surface area contributed by atoms with Crippen LogP contribution in [0.15, 0.2) is 42.5 Å². The molecule has 0 fully saturated rings. The van der Waals surface area contributed by atoms with Crippen molar-refractivity contribution in [2.75, 3.05) is 11.9 Å². The van der Waals surface area contributed by atoms with Crippen LogP contribution in [0.3, 0.4) is 0 Å². The largest absolute Gasteiger partial charge is 0.508 e. The molecule has 0 bridgehead atoms. The highest BCUT2D eigenvalue weighted by Crippen LogP contribution is 2.17. The Kier molecular flexibility index (Phi) is 5.37. The molecular formula is C16H14INO4. The molecule has 22 heavy (non-hydrogen) atoms. The predicted octanol–water partition coefficient (Wildman–Crippen LogP) is 3.10. The van der Waals surface area contributed by atoms with Gasteiger partial charge >= 0.3 is 5.97 Å². The van der Waals surface area contributed by atoms with Crippen LogP contribution in [0, 0.1) is 10.5 Å². The minimum Gasteiger partial charge on any atom is -0.508 e. The number of anilines is 1. The van der Waals surface area contributed by atoms with Gasteiger partial charge in [-0.2, -0.15) is 0 Å². The first-order valence-corrected chi connectivity index (χ1v) is 7.56. The Labute approximate surface area is 141 Å². The van der Waals surface area contributed by atoms with E-state index in [2.05, 4.69) is 27.9 Å². The van der Waals surface area contributed by atoms with E-state index in [-0.39, 0.29) is 17.9 Å². The van der Waals surface area contributed by atoms with Crippen molar-refractivity contribution in [1.82, 2.24) is 0 Å². The highest BCUT2D eigenvalue weighted by Gasteiger charge is 2.11. The summed E-state index contributed by atoms with van der Waals surface area (Å²) in [6.07, 6.45) is 0. The maximum atomic E-state index is 11.8. The van der Waals surface area contributed by atoms with E-state index in [1.807, 2.05) is 19.1 Å². The molecule has 2 aromatic rings. The molecular weight excluding hydrogens is 397 g/mol. The number of hydrogen-bond donors (Lipinski definition) is 2. The van der Waals surface area contributed by atoms with Gasteiger partial charge in [-0.3, -0.25) is 4.79 Å². The number of hydrogen-bond acceptors (Lipinski definition) is 4. The summed E-state index contributed by atoms with van der Waals surface area (Å²) in [6.45, 7) is 1.52. The van der Waals surface area contributed by atoms with Crippen molar-refractivity contribution in [1.29, 1.82) is 0 Å². The molecule has 2 rings (SSSR count). The van der Waals surface area contributed by atoms with E-state index >= 15 is 0 Å². The molecule has 0 unspecified atom stereocenters. The van der Waals surface area contributed by atoms with Crippen molar-refractivity contribution < 1.29 is 19.4 Å². The molecule has 0 heterocycles. The summed E-state index contributed by atoms with van der Waals surface area (Å²) in [5.41, 5.74) is 1.90. The van der Waals surface area contributed by atoms with Crippen LogP contribution in [0.1, 0.15) is 15.9 Å². The Balaban J connectivity index is 1.89. The van der Waals surface area contributed by atoms with Gasteiger partial charge in [0.25, 0.3) is 5.91 Å². The van der Waals surface area contributed by atoms with Crippen molar-refractivity contribution in [3.05, 3.63) is 57.2 Å². The van der Waals surface area contributed by atoms with E-state index < -0.39 is 11.9 Å². The normalized spacial score (nSPS) is 10.1. The summed E-state index contributed by atoms with van der Waals surface area (Å²) >= 11 is 2.19. The SMILES string of the molecule is Cc1cc(I)ccc1NC(=O)COC(=O)c1ccc(O)cc1. The van der Waals surface area contributed by atoms with Gasteiger partial charge in [-0.1, -0.05) is 0 Å². The Hall–Kier alpha value is -2.09. The minimum atomic E-state index is -0.616. The van der Waals surface area contributed by atoms with Gasteiger partial charge < -0.3 is 15.2 Å². The minimum absolute atomic E-state index is 0.0588. The third kappa shape index (κ3) is 4.45. The first-order chi connectivity index (χ1) is 10.5. The zero-order chi connectivity index (χ0) is 16.1. The lowest BCUT2D eigenvalue weighted by Crippen LogP contribution is -2.21. The number of rotatable bonds is 4. The third-order valence-electron chi connectivity index (χ3n) is 2.90. The van der Waals surface area contributed by atoms with E-state index in [0.717, 1.165) is 9.13 Å². The second kappa shape index (κ2) is 7.26. The van der Waals surface area contributed by atoms with Gasteiger partial charge in [-0.05, 0) is 77.5 Å². The van der Waals surface area contributed by atoms with E-state index in [0.29, 0.717) is 5.69 Å². The van der Waals surface area contributed by atoms with Gasteiger partial charge in [0.05, 0.1) is 5.56 Å². The number of aromatic hydroxyl groups is 1. The Morgan fingerprint density at radius 1 is 1.18 bits per heavy atom. The van der Waals surface area contributed by atoms with Crippen molar-refractivity contribution in [3.8, 4) is 5.75 Å². The van der Waals surface area contributed by atoms with Gasteiger partial charge in [0.2, 0.25) is 0 Å². The van der Waals surface area contributed by atoms with E-state index in [9.17, 15) is 9.59 Å². The summed E-state index contributed by atoms with van der Waals surface area (Å²) in [6, 6.07) is 11.2. The summed E-state index contributed by atoms with van der Waals surface area (Å²) in [4.78, 5) is 23.5. The average molecular weight is 411 g/mol. The number of phenolic OH excluding ortho intramolecular Hbond substituents is 1.